The number of carboxylic acid groups (broad SMARTS) is 1. The predicted molar refractivity (Wildman–Crippen MR) is 145 cm³/mol. The van der Waals surface area contributed by atoms with E-state index in [-0.39, 0.29) is 17.0 Å². The molecule has 0 aliphatic heterocycles. The van der Waals surface area contributed by atoms with E-state index in [4.69, 9.17) is 27.9 Å². The summed E-state index contributed by atoms with van der Waals surface area (Å²) in [5, 5.41) is 12.7. The van der Waals surface area contributed by atoms with E-state index in [2.05, 4.69) is 12.2 Å². The van der Waals surface area contributed by atoms with Gasteiger partial charge in [0.25, 0.3) is 5.91 Å². The van der Waals surface area contributed by atoms with Gasteiger partial charge in [0.2, 0.25) is 0 Å². The molecule has 5 nitrogen and oxygen atoms in total. The Morgan fingerprint density at radius 2 is 1.65 bits per heavy atom. The average molecular weight is 546 g/mol. The summed E-state index contributed by atoms with van der Waals surface area (Å²) in [4.78, 5) is 25.0. The molecule has 0 saturated carbocycles. The number of ether oxygens (including phenoxy) is 1. The zero-order chi connectivity index (χ0) is 26.8. The fraction of sp³-hybridized carbons (Fsp3) is 0.310. The van der Waals surface area contributed by atoms with Gasteiger partial charge in [0, 0.05) is 11.4 Å². The molecule has 0 aliphatic carbocycles. The van der Waals surface area contributed by atoms with Crippen molar-refractivity contribution in [2.24, 2.45) is 0 Å². The standard InChI is InChI=1S/C29H30Cl2FNO4/c1-2-3-4-5-6-15-37-27-14-12-22(30)18-23(27)28(34)33-26(29(35)36)16-19-7-9-20(10-8-19)21-11-13-25(32)24(31)17-21/h7-14,17-18,26H,2-6,15-16H2,1H3,(H,33,34)(H,35,36)/t26-/m0/s1. The number of benzene rings is 3. The monoisotopic (exact) mass is 545 g/mol. The van der Waals surface area contributed by atoms with E-state index in [9.17, 15) is 19.1 Å². The number of carboxylic acids is 1. The number of aliphatic carboxylic acids is 1. The van der Waals surface area contributed by atoms with Gasteiger partial charge in [-0.1, -0.05) is 86.1 Å². The van der Waals surface area contributed by atoms with Gasteiger partial charge in [0.15, 0.2) is 0 Å². The Labute approximate surface area is 226 Å². The second-order valence-electron chi connectivity index (χ2n) is 8.80. The molecule has 37 heavy (non-hydrogen) atoms. The molecule has 0 aliphatic rings. The molecule has 3 rings (SSSR count). The first-order valence-electron chi connectivity index (χ1n) is 12.3. The minimum absolute atomic E-state index is 0.0242. The first kappa shape index (κ1) is 28.5. The van der Waals surface area contributed by atoms with E-state index in [0.717, 1.165) is 36.8 Å². The van der Waals surface area contributed by atoms with Crippen molar-refractivity contribution in [2.75, 3.05) is 6.61 Å². The molecule has 0 heterocycles. The summed E-state index contributed by atoms with van der Waals surface area (Å²) in [6.45, 7) is 2.61. The zero-order valence-electron chi connectivity index (χ0n) is 20.6. The Morgan fingerprint density at radius 1 is 0.946 bits per heavy atom. The number of halogens is 3. The number of hydrogen-bond acceptors (Lipinski definition) is 3. The van der Waals surface area contributed by atoms with E-state index < -0.39 is 23.7 Å². The van der Waals surface area contributed by atoms with Gasteiger partial charge in [0.05, 0.1) is 17.2 Å². The summed E-state index contributed by atoms with van der Waals surface area (Å²) in [5.74, 6) is -1.87. The van der Waals surface area contributed by atoms with Crippen LogP contribution in [0.1, 0.15) is 54.9 Å². The molecule has 0 spiro atoms. The van der Waals surface area contributed by atoms with Crippen molar-refractivity contribution in [3.05, 3.63) is 87.7 Å². The van der Waals surface area contributed by atoms with Crippen LogP contribution in [0.4, 0.5) is 4.39 Å². The molecule has 0 bridgehead atoms. The maximum atomic E-state index is 13.5. The second kappa shape index (κ2) is 14.0. The van der Waals surface area contributed by atoms with Crippen LogP contribution < -0.4 is 10.1 Å². The number of unbranched alkanes of at least 4 members (excludes halogenated alkanes) is 4. The lowest BCUT2D eigenvalue weighted by Crippen LogP contribution is -2.42. The Morgan fingerprint density at radius 3 is 2.32 bits per heavy atom. The summed E-state index contributed by atoms with van der Waals surface area (Å²) in [5.41, 5.74) is 2.44. The lowest BCUT2D eigenvalue weighted by atomic mass is 10.0. The van der Waals surface area contributed by atoms with Crippen molar-refractivity contribution in [3.8, 4) is 16.9 Å². The molecule has 1 amide bonds. The van der Waals surface area contributed by atoms with Crippen molar-refractivity contribution in [1.82, 2.24) is 5.32 Å². The van der Waals surface area contributed by atoms with Crippen LogP contribution >= 0.6 is 23.2 Å². The minimum atomic E-state index is -1.17. The summed E-state index contributed by atoms with van der Waals surface area (Å²) >= 11 is 12.0. The summed E-state index contributed by atoms with van der Waals surface area (Å²) in [7, 11) is 0. The lowest BCUT2D eigenvalue weighted by Gasteiger charge is -2.17. The van der Waals surface area contributed by atoms with Crippen molar-refractivity contribution >= 4 is 35.1 Å². The number of hydrogen-bond donors (Lipinski definition) is 2. The number of nitrogens with one attached hydrogen (secondary N) is 1. The largest absolute Gasteiger partial charge is 0.493 e. The maximum absolute atomic E-state index is 13.5. The molecular formula is C29H30Cl2FNO4. The fourth-order valence-corrected chi connectivity index (χ4v) is 4.23. The van der Waals surface area contributed by atoms with Gasteiger partial charge in [0.1, 0.15) is 17.6 Å². The van der Waals surface area contributed by atoms with Gasteiger partial charge >= 0.3 is 5.97 Å². The van der Waals surface area contributed by atoms with E-state index >= 15 is 0 Å². The van der Waals surface area contributed by atoms with Crippen molar-refractivity contribution in [3.63, 3.8) is 0 Å². The molecule has 2 N–H and O–H groups in total. The first-order valence-corrected chi connectivity index (χ1v) is 13.0. The van der Waals surface area contributed by atoms with Crippen molar-refractivity contribution < 1.29 is 23.8 Å². The number of amides is 1. The molecule has 1 atom stereocenters. The number of carbonyl (C=O) groups excluding carboxylic acids is 1. The highest BCUT2D eigenvalue weighted by atomic mass is 35.5. The van der Waals surface area contributed by atoms with Crippen LogP contribution in [-0.4, -0.2) is 29.6 Å². The van der Waals surface area contributed by atoms with E-state index in [0.29, 0.717) is 22.9 Å². The van der Waals surface area contributed by atoms with Crippen LogP contribution in [0.2, 0.25) is 10.0 Å². The maximum Gasteiger partial charge on any atom is 0.326 e. The molecule has 0 saturated heterocycles. The molecule has 3 aromatic carbocycles. The van der Waals surface area contributed by atoms with E-state index in [1.165, 1.54) is 24.6 Å². The summed E-state index contributed by atoms with van der Waals surface area (Å²) in [6, 6.07) is 15.1. The van der Waals surface area contributed by atoms with Crippen molar-refractivity contribution in [2.45, 2.75) is 51.5 Å². The Hall–Kier alpha value is -3.09. The van der Waals surface area contributed by atoms with Gasteiger partial charge in [-0.3, -0.25) is 4.79 Å². The van der Waals surface area contributed by atoms with E-state index in [1.54, 1.807) is 42.5 Å². The molecule has 0 fully saturated rings. The van der Waals surface area contributed by atoms with Crippen LogP contribution in [-0.2, 0) is 11.2 Å². The topological polar surface area (TPSA) is 75.6 Å². The second-order valence-corrected chi connectivity index (χ2v) is 9.64. The van der Waals surface area contributed by atoms with Crippen molar-refractivity contribution in [1.29, 1.82) is 0 Å². The SMILES string of the molecule is CCCCCCCOc1ccc(Cl)cc1C(=O)N[C@@H](Cc1ccc(-c2ccc(F)c(Cl)c2)cc1)C(=O)O. The summed E-state index contributed by atoms with van der Waals surface area (Å²) < 4.78 is 19.3. The zero-order valence-corrected chi connectivity index (χ0v) is 22.1. The molecule has 196 valence electrons. The minimum Gasteiger partial charge on any atom is -0.493 e. The van der Waals surface area contributed by atoms with Crippen LogP contribution in [0.3, 0.4) is 0 Å². The Balaban J connectivity index is 1.67. The highest BCUT2D eigenvalue weighted by Gasteiger charge is 2.23. The fourth-order valence-electron chi connectivity index (χ4n) is 3.87. The highest BCUT2D eigenvalue weighted by Crippen LogP contribution is 2.26. The average Bonchev–Trinajstić information content (AvgIpc) is 2.88. The van der Waals surface area contributed by atoms with Crippen LogP contribution in [0.5, 0.6) is 5.75 Å². The summed E-state index contributed by atoms with van der Waals surface area (Å²) in [6.07, 6.45) is 5.43. The molecule has 8 heteroatoms. The third kappa shape index (κ3) is 8.48. The molecule has 0 aromatic heterocycles. The van der Waals surface area contributed by atoms with Gasteiger partial charge in [-0.15, -0.1) is 0 Å². The number of rotatable bonds is 13. The Bertz CT molecular complexity index is 1220. The molecule has 0 radical (unpaired) electrons. The quantitative estimate of drug-likeness (QED) is 0.217. The van der Waals surface area contributed by atoms with Gasteiger partial charge in [-0.05, 0) is 53.4 Å². The van der Waals surface area contributed by atoms with Gasteiger partial charge in [-0.2, -0.15) is 0 Å². The normalized spacial score (nSPS) is 11.7. The van der Waals surface area contributed by atoms with Crippen LogP contribution in [0.25, 0.3) is 11.1 Å². The highest BCUT2D eigenvalue weighted by molar-refractivity contribution is 6.31. The van der Waals surface area contributed by atoms with Gasteiger partial charge in [-0.25, -0.2) is 9.18 Å². The predicted octanol–water partition coefficient (Wildman–Crippen LogP) is 7.57. The number of carbonyl (C=O) groups is 2. The van der Waals surface area contributed by atoms with E-state index in [1.807, 2.05) is 0 Å². The molecular weight excluding hydrogens is 516 g/mol. The third-order valence-electron chi connectivity index (χ3n) is 5.94. The molecule has 0 unspecified atom stereocenters. The lowest BCUT2D eigenvalue weighted by molar-refractivity contribution is -0.139. The Kier molecular flexibility index (Phi) is 10.8. The van der Waals surface area contributed by atoms with Crippen LogP contribution in [0, 0.1) is 5.82 Å². The molecule has 3 aromatic rings. The van der Waals surface area contributed by atoms with Crippen LogP contribution in [0.15, 0.2) is 60.7 Å². The third-order valence-corrected chi connectivity index (χ3v) is 6.47. The smallest absolute Gasteiger partial charge is 0.326 e. The van der Waals surface area contributed by atoms with Gasteiger partial charge < -0.3 is 15.2 Å². The first-order chi connectivity index (χ1) is 17.8.